The van der Waals surface area contributed by atoms with E-state index in [1.54, 1.807) is 11.3 Å². The van der Waals surface area contributed by atoms with Gasteiger partial charge in [0.25, 0.3) is 0 Å². The van der Waals surface area contributed by atoms with Gasteiger partial charge in [-0.05, 0) is 52.8 Å². The molecule has 0 saturated carbocycles. The molecule has 4 rings (SSSR count). The Morgan fingerprint density at radius 2 is 2.04 bits per heavy atom. The monoisotopic (exact) mass is 395 g/mol. The van der Waals surface area contributed by atoms with Crippen molar-refractivity contribution in [2.45, 2.75) is 44.8 Å². The van der Waals surface area contributed by atoms with E-state index in [2.05, 4.69) is 11.4 Å². The molecule has 0 bridgehead atoms. The number of allylic oxidation sites excluding steroid dienone is 1. The number of thiophene rings is 1. The van der Waals surface area contributed by atoms with Gasteiger partial charge < -0.3 is 9.64 Å². The number of amides is 1. The van der Waals surface area contributed by atoms with Crippen LogP contribution in [0.5, 0.6) is 0 Å². The van der Waals surface area contributed by atoms with Gasteiger partial charge in [0.05, 0.1) is 12.5 Å². The second-order valence-corrected chi connectivity index (χ2v) is 8.24. The molecule has 2 heterocycles. The third-order valence-corrected chi connectivity index (χ3v) is 6.24. The first-order valence-corrected chi connectivity index (χ1v) is 10.9. The maximum atomic E-state index is 13.2. The van der Waals surface area contributed by atoms with Crippen molar-refractivity contribution >= 4 is 28.6 Å². The molecule has 1 aliphatic heterocycles. The number of carbonyl (C=O) groups is 2. The summed E-state index contributed by atoms with van der Waals surface area (Å²) in [6.07, 6.45) is 3.55. The van der Waals surface area contributed by atoms with Crippen molar-refractivity contribution in [3.05, 3.63) is 63.9 Å². The number of Topliss-reactive ketones (excluding diaryl/α,β-unsaturated/α-hetero) is 1. The number of carbonyl (C=O) groups excluding carboxylic acids is 2. The fraction of sp³-hybridized carbons (Fsp3) is 0.391. The molecule has 1 aromatic heterocycles. The third kappa shape index (κ3) is 4.42. The highest BCUT2D eigenvalue weighted by atomic mass is 32.1. The molecule has 1 aliphatic carbocycles. The van der Waals surface area contributed by atoms with Gasteiger partial charge in [0, 0.05) is 31.7 Å². The average molecular weight is 396 g/mol. The molecule has 1 unspecified atom stereocenters. The molecule has 1 saturated heterocycles. The maximum absolute atomic E-state index is 13.2. The molecule has 2 aliphatic rings. The summed E-state index contributed by atoms with van der Waals surface area (Å²) >= 11 is 1.63. The van der Waals surface area contributed by atoms with E-state index >= 15 is 0 Å². The Morgan fingerprint density at radius 3 is 2.75 bits per heavy atom. The average Bonchev–Trinajstić information content (AvgIpc) is 3.46. The van der Waals surface area contributed by atoms with Crippen LogP contribution in [-0.4, -0.2) is 35.8 Å². The summed E-state index contributed by atoms with van der Waals surface area (Å²) in [6.45, 7) is 1.94. The van der Waals surface area contributed by atoms with Gasteiger partial charge in [-0.25, -0.2) is 0 Å². The zero-order valence-electron chi connectivity index (χ0n) is 15.9. The van der Waals surface area contributed by atoms with E-state index in [9.17, 15) is 9.59 Å². The zero-order chi connectivity index (χ0) is 19.3. The van der Waals surface area contributed by atoms with Gasteiger partial charge in [0.15, 0.2) is 5.78 Å². The second-order valence-electron chi connectivity index (χ2n) is 7.46. The Kier molecular flexibility index (Phi) is 6.03. The Balaban J connectivity index is 1.54. The normalized spacial score (nSPS) is 19.4. The van der Waals surface area contributed by atoms with Crippen LogP contribution in [-0.2, 0) is 20.9 Å². The van der Waals surface area contributed by atoms with E-state index in [1.807, 2.05) is 40.6 Å². The highest BCUT2D eigenvalue weighted by molar-refractivity contribution is 7.07. The number of ether oxygens (including phenoxy) is 1. The minimum Gasteiger partial charge on any atom is -0.376 e. The SMILES string of the molecule is O=C1CCC(c2ccccc2)=C1CC(=O)N(Cc1ccsc1)CC1CCCO1. The van der Waals surface area contributed by atoms with Crippen LogP contribution < -0.4 is 0 Å². The van der Waals surface area contributed by atoms with Crippen LogP contribution in [0.1, 0.15) is 43.2 Å². The van der Waals surface area contributed by atoms with E-state index in [0.717, 1.165) is 42.6 Å². The minimum atomic E-state index is 0.0142. The molecule has 1 amide bonds. The molecule has 1 aromatic carbocycles. The quantitative estimate of drug-likeness (QED) is 0.695. The molecule has 0 radical (unpaired) electrons. The number of ketones is 1. The lowest BCUT2D eigenvalue weighted by Gasteiger charge is -2.25. The lowest BCUT2D eigenvalue weighted by atomic mass is 9.99. The van der Waals surface area contributed by atoms with Crippen molar-refractivity contribution in [2.24, 2.45) is 0 Å². The van der Waals surface area contributed by atoms with E-state index in [1.165, 1.54) is 0 Å². The standard InChI is InChI=1S/C23H25NO3S/c25-22-9-8-20(18-5-2-1-3-6-18)21(22)13-23(26)24(14-17-10-12-28-16-17)15-19-7-4-11-27-19/h1-3,5-6,10,12,16,19H,4,7-9,11,13-15H2. The Morgan fingerprint density at radius 1 is 1.18 bits per heavy atom. The highest BCUT2D eigenvalue weighted by Gasteiger charge is 2.29. The molecular formula is C23H25NO3S. The van der Waals surface area contributed by atoms with Crippen LogP contribution in [0.3, 0.4) is 0 Å². The lowest BCUT2D eigenvalue weighted by Crippen LogP contribution is -2.37. The van der Waals surface area contributed by atoms with Crippen LogP contribution in [0.4, 0.5) is 0 Å². The van der Waals surface area contributed by atoms with Crippen molar-refractivity contribution in [1.29, 1.82) is 0 Å². The third-order valence-electron chi connectivity index (χ3n) is 5.51. The van der Waals surface area contributed by atoms with Crippen LogP contribution in [0.15, 0.2) is 52.7 Å². The molecule has 0 spiro atoms. The van der Waals surface area contributed by atoms with Crippen molar-refractivity contribution in [3.8, 4) is 0 Å². The van der Waals surface area contributed by atoms with Crippen molar-refractivity contribution in [2.75, 3.05) is 13.2 Å². The second kappa shape index (κ2) is 8.84. The van der Waals surface area contributed by atoms with Crippen molar-refractivity contribution in [3.63, 3.8) is 0 Å². The molecule has 2 aromatic rings. The summed E-state index contributed by atoms with van der Waals surface area (Å²) < 4.78 is 5.76. The molecule has 5 heteroatoms. The number of nitrogens with zero attached hydrogens (tertiary/aromatic N) is 1. The highest BCUT2D eigenvalue weighted by Crippen LogP contribution is 2.34. The molecular weight excluding hydrogens is 370 g/mol. The van der Waals surface area contributed by atoms with E-state index in [-0.39, 0.29) is 24.2 Å². The van der Waals surface area contributed by atoms with Gasteiger partial charge in [0.1, 0.15) is 0 Å². The van der Waals surface area contributed by atoms with Crippen LogP contribution >= 0.6 is 11.3 Å². The molecule has 28 heavy (non-hydrogen) atoms. The summed E-state index contributed by atoms with van der Waals surface area (Å²) in [7, 11) is 0. The summed E-state index contributed by atoms with van der Waals surface area (Å²) in [5, 5.41) is 4.10. The van der Waals surface area contributed by atoms with Crippen LogP contribution in [0, 0.1) is 0 Å². The van der Waals surface area contributed by atoms with E-state index in [0.29, 0.717) is 25.1 Å². The fourth-order valence-electron chi connectivity index (χ4n) is 4.03. The molecule has 1 atom stereocenters. The van der Waals surface area contributed by atoms with E-state index < -0.39 is 0 Å². The topological polar surface area (TPSA) is 46.6 Å². The van der Waals surface area contributed by atoms with Gasteiger partial charge >= 0.3 is 0 Å². The number of hydrogen-bond acceptors (Lipinski definition) is 4. The first-order chi connectivity index (χ1) is 13.7. The number of hydrogen-bond donors (Lipinski definition) is 0. The predicted octanol–water partition coefficient (Wildman–Crippen LogP) is 4.46. The fourth-order valence-corrected chi connectivity index (χ4v) is 4.69. The van der Waals surface area contributed by atoms with Gasteiger partial charge in [0.2, 0.25) is 5.91 Å². The molecule has 0 N–H and O–H groups in total. The van der Waals surface area contributed by atoms with Gasteiger partial charge in [-0.15, -0.1) is 0 Å². The zero-order valence-corrected chi connectivity index (χ0v) is 16.7. The number of benzene rings is 1. The van der Waals surface area contributed by atoms with Crippen molar-refractivity contribution in [1.82, 2.24) is 4.90 Å². The predicted molar refractivity (Wildman–Crippen MR) is 111 cm³/mol. The molecule has 4 nitrogen and oxygen atoms in total. The van der Waals surface area contributed by atoms with Crippen molar-refractivity contribution < 1.29 is 14.3 Å². The summed E-state index contributed by atoms with van der Waals surface area (Å²) in [5.41, 5.74) is 3.91. The Hall–Kier alpha value is -2.24. The maximum Gasteiger partial charge on any atom is 0.227 e. The molecule has 146 valence electrons. The minimum absolute atomic E-state index is 0.0142. The first kappa shape index (κ1) is 19.1. The summed E-state index contributed by atoms with van der Waals surface area (Å²) in [4.78, 5) is 27.6. The lowest BCUT2D eigenvalue weighted by molar-refractivity contribution is -0.133. The van der Waals surface area contributed by atoms with Crippen LogP contribution in [0.25, 0.3) is 5.57 Å². The van der Waals surface area contributed by atoms with Gasteiger partial charge in [-0.1, -0.05) is 30.3 Å². The van der Waals surface area contributed by atoms with E-state index in [4.69, 9.17) is 4.74 Å². The van der Waals surface area contributed by atoms with Gasteiger partial charge in [-0.2, -0.15) is 11.3 Å². The Bertz CT molecular complexity index is 851. The summed E-state index contributed by atoms with van der Waals surface area (Å²) in [5.74, 6) is 0.125. The molecule has 1 fully saturated rings. The Labute approximate surface area is 169 Å². The van der Waals surface area contributed by atoms with Gasteiger partial charge in [-0.3, -0.25) is 9.59 Å². The summed E-state index contributed by atoms with van der Waals surface area (Å²) in [6, 6.07) is 12.0. The first-order valence-electron chi connectivity index (χ1n) is 9.92. The largest absolute Gasteiger partial charge is 0.376 e. The number of rotatable bonds is 7. The van der Waals surface area contributed by atoms with Crippen LogP contribution in [0.2, 0.25) is 0 Å². The smallest absolute Gasteiger partial charge is 0.227 e.